The Bertz CT molecular complexity index is 393. The Hall–Kier alpha value is -0.100. The molecular weight excluding hydrogens is 336 g/mol. The van der Waals surface area contributed by atoms with E-state index in [1.165, 1.54) is 24.2 Å². The fourth-order valence-corrected chi connectivity index (χ4v) is 3.28. The third-order valence-electron chi connectivity index (χ3n) is 3.23. The van der Waals surface area contributed by atoms with Gasteiger partial charge >= 0.3 is 0 Å². The van der Waals surface area contributed by atoms with Crippen LogP contribution in [0.3, 0.4) is 0 Å². The number of hydrogen-bond donors (Lipinski definition) is 2. The number of amides is 1. The number of carbonyl (C=O) groups excluding carboxylic acids is 1. The van der Waals surface area contributed by atoms with Gasteiger partial charge in [-0.2, -0.15) is 0 Å². The van der Waals surface area contributed by atoms with E-state index in [4.69, 9.17) is 0 Å². The first-order valence-electron chi connectivity index (χ1n) is 5.92. The van der Waals surface area contributed by atoms with Crippen molar-refractivity contribution in [1.29, 1.82) is 0 Å². The summed E-state index contributed by atoms with van der Waals surface area (Å²) in [4.78, 5) is 12.0. The molecule has 6 heteroatoms. The molecule has 2 atom stereocenters. The van der Waals surface area contributed by atoms with Crippen molar-refractivity contribution in [2.75, 3.05) is 13.1 Å². The molecule has 102 valence electrons. The van der Waals surface area contributed by atoms with Gasteiger partial charge in [0.1, 0.15) is 0 Å². The summed E-state index contributed by atoms with van der Waals surface area (Å²) in [6, 6.07) is 2.10. The van der Waals surface area contributed by atoms with Gasteiger partial charge in [0.05, 0.1) is 9.35 Å². The number of thiophene rings is 1. The molecule has 0 radical (unpaired) electrons. The lowest BCUT2D eigenvalue weighted by molar-refractivity contribution is 0.0922. The summed E-state index contributed by atoms with van der Waals surface area (Å²) in [5, 5.41) is 8.34. The van der Waals surface area contributed by atoms with Crippen LogP contribution in [0.25, 0.3) is 0 Å². The number of carbonyl (C=O) groups is 1. The van der Waals surface area contributed by atoms with E-state index >= 15 is 0 Å². The van der Waals surface area contributed by atoms with E-state index in [1.54, 1.807) is 0 Å². The summed E-state index contributed by atoms with van der Waals surface area (Å²) in [5.74, 6) is 0.583. The predicted molar refractivity (Wildman–Crippen MR) is 81.8 cm³/mol. The summed E-state index contributed by atoms with van der Waals surface area (Å²) in [5.41, 5.74) is 0.748. The molecule has 1 fully saturated rings. The zero-order valence-corrected chi connectivity index (χ0v) is 13.5. The van der Waals surface area contributed by atoms with Crippen LogP contribution >= 0.6 is 39.7 Å². The van der Waals surface area contributed by atoms with Crippen molar-refractivity contribution in [3.63, 3.8) is 0 Å². The standard InChI is InChI=1S/C12H17BrN2OS.ClH/c1-8(9-3-2-4-14-6-9)15-12(16)10-5-11(13)17-7-10;/h5,7-9,14H,2-4,6H2,1H3,(H,15,16);1H. The van der Waals surface area contributed by atoms with Crippen LogP contribution in [-0.4, -0.2) is 25.0 Å². The normalized spacial score (nSPS) is 20.9. The second kappa shape index (κ2) is 7.48. The lowest BCUT2D eigenvalue weighted by Gasteiger charge is -2.28. The summed E-state index contributed by atoms with van der Waals surface area (Å²) in [6.07, 6.45) is 2.40. The molecule has 1 aliphatic heterocycles. The van der Waals surface area contributed by atoms with Crippen LogP contribution in [0.2, 0.25) is 0 Å². The molecule has 2 heterocycles. The molecule has 1 amide bonds. The van der Waals surface area contributed by atoms with Gasteiger partial charge in [-0.05, 0) is 60.8 Å². The molecule has 0 bridgehead atoms. The Labute approximate surface area is 126 Å². The third-order valence-corrected chi connectivity index (χ3v) is 4.73. The van der Waals surface area contributed by atoms with E-state index in [-0.39, 0.29) is 24.4 Å². The first-order valence-corrected chi connectivity index (χ1v) is 7.59. The summed E-state index contributed by atoms with van der Waals surface area (Å²) in [6.45, 7) is 4.21. The predicted octanol–water partition coefficient (Wildman–Crippen LogP) is 3.05. The monoisotopic (exact) mass is 352 g/mol. The number of hydrogen-bond acceptors (Lipinski definition) is 3. The molecule has 2 N–H and O–H groups in total. The summed E-state index contributed by atoms with van der Waals surface area (Å²) < 4.78 is 0.995. The van der Waals surface area contributed by atoms with Gasteiger partial charge in [0.25, 0.3) is 5.91 Å². The van der Waals surface area contributed by atoms with Gasteiger partial charge in [0.2, 0.25) is 0 Å². The minimum Gasteiger partial charge on any atom is -0.349 e. The SMILES string of the molecule is CC(NC(=O)c1csc(Br)c1)C1CCCNC1.Cl. The molecule has 1 aromatic heterocycles. The minimum atomic E-state index is 0. The molecule has 18 heavy (non-hydrogen) atoms. The molecule has 0 saturated carbocycles. The smallest absolute Gasteiger partial charge is 0.252 e. The molecule has 1 aromatic rings. The Kier molecular flexibility index (Phi) is 6.63. The van der Waals surface area contributed by atoms with Crippen LogP contribution in [0, 0.1) is 5.92 Å². The second-order valence-corrected chi connectivity index (χ2v) is 6.80. The van der Waals surface area contributed by atoms with E-state index in [0.717, 1.165) is 22.4 Å². The Morgan fingerprint density at radius 1 is 1.67 bits per heavy atom. The van der Waals surface area contributed by atoms with Gasteiger partial charge in [0.15, 0.2) is 0 Å². The van der Waals surface area contributed by atoms with Crippen LogP contribution in [0.4, 0.5) is 0 Å². The van der Waals surface area contributed by atoms with Crippen LogP contribution in [-0.2, 0) is 0 Å². The van der Waals surface area contributed by atoms with E-state index in [0.29, 0.717) is 5.92 Å². The van der Waals surface area contributed by atoms with Gasteiger partial charge in [-0.25, -0.2) is 0 Å². The summed E-state index contributed by atoms with van der Waals surface area (Å²) in [7, 11) is 0. The molecule has 3 nitrogen and oxygen atoms in total. The van der Waals surface area contributed by atoms with Gasteiger partial charge in [0, 0.05) is 11.4 Å². The van der Waals surface area contributed by atoms with Crippen molar-refractivity contribution in [1.82, 2.24) is 10.6 Å². The number of piperidine rings is 1. The maximum absolute atomic E-state index is 12.0. The van der Waals surface area contributed by atoms with Crippen molar-refractivity contribution in [3.8, 4) is 0 Å². The number of rotatable bonds is 3. The molecule has 2 rings (SSSR count). The van der Waals surface area contributed by atoms with Gasteiger partial charge < -0.3 is 10.6 Å². The first-order chi connectivity index (χ1) is 8.16. The molecule has 1 saturated heterocycles. The van der Waals surface area contributed by atoms with Crippen LogP contribution in [0.15, 0.2) is 15.2 Å². The van der Waals surface area contributed by atoms with E-state index in [2.05, 4.69) is 33.5 Å². The first kappa shape index (κ1) is 16.0. The van der Waals surface area contributed by atoms with Crippen molar-refractivity contribution in [2.45, 2.75) is 25.8 Å². The van der Waals surface area contributed by atoms with E-state index in [9.17, 15) is 4.79 Å². The largest absolute Gasteiger partial charge is 0.349 e. The molecule has 1 aliphatic rings. The number of halogens is 2. The Morgan fingerprint density at radius 2 is 2.44 bits per heavy atom. The Balaban J connectivity index is 0.00000162. The topological polar surface area (TPSA) is 41.1 Å². The zero-order valence-electron chi connectivity index (χ0n) is 10.2. The fourth-order valence-electron chi connectivity index (χ4n) is 2.14. The zero-order chi connectivity index (χ0) is 12.3. The van der Waals surface area contributed by atoms with E-state index < -0.39 is 0 Å². The summed E-state index contributed by atoms with van der Waals surface area (Å²) >= 11 is 4.91. The van der Waals surface area contributed by atoms with Gasteiger partial charge in [-0.1, -0.05) is 0 Å². The van der Waals surface area contributed by atoms with Gasteiger partial charge in [-0.3, -0.25) is 4.79 Å². The molecule has 0 aromatic carbocycles. The lowest BCUT2D eigenvalue weighted by atomic mass is 9.93. The fraction of sp³-hybridized carbons (Fsp3) is 0.583. The van der Waals surface area contributed by atoms with Crippen LogP contribution in [0.5, 0.6) is 0 Å². The highest BCUT2D eigenvalue weighted by atomic mass is 79.9. The minimum absolute atomic E-state index is 0. The highest BCUT2D eigenvalue weighted by Gasteiger charge is 2.21. The second-order valence-electron chi connectivity index (χ2n) is 4.51. The average Bonchev–Trinajstić information content (AvgIpc) is 2.77. The number of nitrogens with one attached hydrogen (secondary N) is 2. The molecule has 0 aliphatic carbocycles. The molecular formula is C12H18BrClN2OS. The van der Waals surface area contributed by atoms with Crippen molar-refractivity contribution < 1.29 is 4.79 Å². The van der Waals surface area contributed by atoms with Gasteiger partial charge in [-0.15, -0.1) is 23.7 Å². The van der Waals surface area contributed by atoms with Crippen LogP contribution < -0.4 is 10.6 Å². The van der Waals surface area contributed by atoms with Crippen LogP contribution in [0.1, 0.15) is 30.1 Å². The molecule has 2 unspecified atom stereocenters. The maximum atomic E-state index is 12.0. The van der Waals surface area contributed by atoms with Crippen molar-refractivity contribution >= 4 is 45.6 Å². The molecule has 0 spiro atoms. The highest BCUT2D eigenvalue weighted by molar-refractivity contribution is 9.11. The highest BCUT2D eigenvalue weighted by Crippen LogP contribution is 2.21. The lowest BCUT2D eigenvalue weighted by Crippen LogP contribution is -2.44. The quantitative estimate of drug-likeness (QED) is 0.877. The van der Waals surface area contributed by atoms with Crippen molar-refractivity contribution in [3.05, 3.63) is 20.8 Å². The third kappa shape index (κ3) is 4.23. The average molecular weight is 354 g/mol. The Morgan fingerprint density at radius 3 is 3.00 bits per heavy atom. The van der Waals surface area contributed by atoms with E-state index in [1.807, 2.05) is 11.4 Å². The van der Waals surface area contributed by atoms with Crippen molar-refractivity contribution in [2.24, 2.45) is 5.92 Å². The maximum Gasteiger partial charge on any atom is 0.252 e.